The molecule has 5 fully saturated rings. The molecule has 0 aromatic carbocycles. The molecule has 172 valence electrons. The molecule has 0 saturated heterocycles. The van der Waals surface area contributed by atoms with Crippen molar-refractivity contribution in [3.05, 3.63) is 0 Å². The van der Waals surface area contributed by atoms with Crippen molar-refractivity contribution in [3.8, 4) is 0 Å². The van der Waals surface area contributed by atoms with Crippen molar-refractivity contribution in [1.82, 2.24) is 0 Å². The lowest BCUT2D eigenvalue weighted by molar-refractivity contribution is 0.00340. The fourth-order valence-corrected chi connectivity index (χ4v) is 9.96. The van der Waals surface area contributed by atoms with Gasteiger partial charge in [-0.2, -0.15) is 0 Å². The van der Waals surface area contributed by atoms with Gasteiger partial charge in [-0.25, -0.2) is 0 Å². The molecule has 0 nitrogen and oxygen atoms in total. The molecule has 0 spiro atoms. The van der Waals surface area contributed by atoms with E-state index in [9.17, 15) is 0 Å². The van der Waals surface area contributed by atoms with Crippen molar-refractivity contribution in [2.24, 2.45) is 52.8 Å². The molecule has 5 rings (SSSR count). The van der Waals surface area contributed by atoms with Crippen molar-refractivity contribution in [2.45, 2.75) is 136 Å². The minimum atomic E-state index is 0.617. The topological polar surface area (TPSA) is 0 Å². The maximum atomic E-state index is 2.60. The van der Waals surface area contributed by atoms with Crippen LogP contribution in [0.5, 0.6) is 0 Å². The lowest BCUT2D eigenvalue weighted by Gasteiger charge is -2.49. The van der Waals surface area contributed by atoms with E-state index in [-0.39, 0.29) is 0 Å². The van der Waals surface area contributed by atoms with Gasteiger partial charge >= 0.3 is 0 Å². The van der Waals surface area contributed by atoms with Gasteiger partial charge in [-0.3, -0.25) is 0 Å². The minimum absolute atomic E-state index is 0.617. The first kappa shape index (κ1) is 21.8. The van der Waals surface area contributed by atoms with Crippen LogP contribution in [0.4, 0.5) is 0 Å². The molecule has 0 aromatic heterocycles. The lowest BCUT2D eigenvalue weighted by atomic mass is 9.56. The third-order valence-corrected chi connectivity index (χ3v) is 11.2. The maximum absolute atomic E-state index is 2.60. The van der Waals surface area contributed by atoms with Crippen LogP contribution in [-0.2, 0) is 0 Å². The zero-order chi connectivity index (χ0) is 20.6. The quantitative estimate of drug-likeness (QED) is 0.433. The largest absolute Gasteiger partial charge is 0.0599 e. The normalized spacial score (nSPS) is 43.4. The van der Waals surface area contributed by atoms with E-state index in [0.717, 1.165) is 47.3 Å². The molecule has 0 heteroatoms. The third kappa shape index (κ3) is 4.69. The van der Waals surface area contributed by atoms with Gasteiger partial charge in [-0.1, -0.05) is 97.3 Å². The second kappa shape index (κ2) is 9.47. The molecule has 0 bridgehead atoms. The van der Waals surface area contributed by atoms with Crippen LogP contribution < -0.4 is 0 Å². The summed E-state index contributed by atoms with van der Waals surface area (Å²) in [6.07, 6.45) is 29.8. The van der Waals surface area contributed by atoms with E-state index in [1.807, 2.05) is 0 Å². The molecular weight excluding hydrogens is 360 g/mol. The first-order valence-corrected chi connectivity index (χ1v) is 14.6. The van der Waals surface area contributed by atoms with E-state index in [0.29, 0.717) is 5.41 Å². The second-order valence-corrected chi connectivity index (χ2v) is 13.7. The van der Waals surface area contributed by atoms with Gasteiger partial charge in [0.25, 0.3) is 0 Å². The Morgan fingerprint density at radius 1 is 0.600 bits per heavy atom. The van der Waals surface area contributed by atoms with Crippen molar-refractivity contribution < 1.29 is 0 Å². The Balaban J connectivity index is 1.47. The Bertz CT molecular complexity index is 534. The van der Waals surface area contributed by atoms with Crippen LogP contribution in [-0.4, -0.2) is 0 Å². The SMILES string of the molecule is CC1(C)CCC2C(CC3CCCCC3C(CC3CCCCC3)C2C2CCCCC2)C1. The van der Waals surface area contributed by atoms with Gasteiger partial charge in [0.1, 0.15) is 0 Å². The summed E-state index contributed by atoms with van der Waals surface area (Å²) in [7, 11) is 0. The molecule has 30 heavy (non-hydrogen) atoms. The summed E-state index contributed by atoms with van der Waals surface area (Å²) >= 11 is 0. The molecule has 6 atom stereocenters. The van der Waals surface area contributed by atoms with E-state index in [1.165, 1.54) is 19.3 Å². The summed E-state index contributed by atoms with van der Waals surface area (Å²) in [6, 6.07) is 0. The highest BCUT2D eigenvalue weighted by atomic mass is 14.6. The Morgan fingerprint density at radius 2 is 1.23 bits per heavy atom. The summed E-state index contributed by atoms with van der Waals surface area (Å²) in [4.78, 5) is 0. The zero-order valence-electron chi connectivity index (χ0n) is 20.6. The Hall–Kier alpha value is 0. The zero-order valence-corrected chi connectivity index (χ0v) is 20.6. The fourth-order valence-electron chi connectivity index (χ4n) is 9.96. The minimum Gasteiger partial charge on any atom is -0.0599 e. The average molecular weight is 413 g/mol. The number of hydrogen-bond donors (Lipinski definition) is 0. The van der Waals surface area contributed by atoms with E-state index in [4.69, 9.17) is 0 Å². The standard InChI is InChI=1S/C30H52/c1-30(2)18-17-27-25(21-30)20-24-15-9-10-16-26(24)28(19-22-11-5-3-6-12-22)29(27)23-13-7-4-8-14-23/h22-29H,3-21H2,1-2H3. The van der Waals surface area contributed by atoms with Crippen molar-refractivity contribution in [3.63, 3.8) is 0 Å². The third-order valence-electron chi connectivity index (χ3n) is 11.2. The Labute approximate surface area is 188 Å². The molecular formula is C30H52. The van der Waals surface area contributed by atoms with Crippen molar-refractivity contribution in [2.75, 3.05) is 0 Å². The molecule has 5 aliphatic carbocycles. The van der Waals surface area contributed by atoms with Crippen LogP contribution >= 0.6 is 0 Å². The Kier molecular flexibility index (Phi) is 6.89. The van der Waals surface area contributed by atoms with Gasteiger partial charge in [-0.15, -0.1) is 0 Å². The fraction of sp³-hybridized carbons (Fsp3) is 1.00. The van der Waals surface area contributed by atoms with Gasteiger partial charge in [-0.05, 0) is 91.3 Å². The van der Waals surface area contributed by atoms with Crippen molar-refractivity contribution >= 4 is 0 Å². The molecule has 0 radical (unpaired) electrons. The van der Waals surface area contributed by atoms with Crippen LogP contribution in [0.15, 0.2) is 0 Å². The number of rotatable bonds is 3. The first-order chi connectivity index (χ1) is 14.6. The summed E-state index contributed by atoms with van der Waals surface area (Å²) < 4.78 is 0. The molecule has 5 saturated carbocycles. The van der Waals surface area contributed by atoms with Gasteiger partial charge in [0.2, 0.25) is 0 Å². The molecule has 0 amide bonds. The summed E-state index contributed by atoms with van der Waals surface area (Å²) in [5.41, 5.74) is 0.617. The summed E-state index contributed by atoms with van der Waals surface area (Å²) in [6.45, 7) is 5.20. The van der Waals surface area contributed by atoms with E-state index >= 15 is 0 Å². The molecule has 0 aromatic rings. The van der Waals surface area contributed by atoms with Crippen LogP contribution in [0, 0.1) is 52.8 Å². The molecule has 0 aliphatic heterocycles. The molecule has 6 unspecified atom stereocenters. The van der Waals surface area contributed by atoms with E-state index in [2.05, 4.69) is 13.8 Å². The van der Waals surface area contributed by atoms with Gasteiger partial charge in [0.15, 0.2) is 0 Å². The highest BCUT2D eigenvalue weighted by Crippen LogP contribution is 2.59. The van der Waals surface area contributed by atoms with E-state index < -0.39 is 0 Å². The molecule has 0 N–H and O–H groups in total. The molecule has 0 heterocycles. The predicted octanol–water partition coefficient (Wildman–Crippen LogP) is 9.42. The van der Waals surface area contributed by atoms with Crippen LogP contribution in [0.1, 0.15) is 136 Å². The van der Waals surface area contributed by atoms with Gasteiger partial charge in [0.05, 0.1) is 0 Å². The average Bonchev–Trinajstić information content (AvgIpc) is 2.88. The van der Waals surface area contributed by atoms with Gasteiger partial charge in [0, 0.05) is 0 Å². The lowest BCUT2D eigenvalue weighted by Crippen LogP contribution is -2.41. The smallest absolute Gasteiger partial charge is 0.0323 e. The monoisotopic (exact) mass is 412 g/mol. The van der Waals surface area contributed by atoms with Crippen LogP contribution in [0.25, 0.3) is 0 Å². The highest BCUT2D eigenvalue weighted by molar-refractivity contribution is 5.00. The summed E-state index contributed by atoms with van der Waals surface area (Å²) in [5.74, 6) is 8.79. The van der Waals surface area contributed by atoms with E-state index in [1.54, 1.807) is 103 Å². The van der Waals surface area contributed by atoms with Crippen LogP contribution in [0.2, 0.25) is 0 Å². The highest BCUT2D eigenvalue weighted by Gasteiger charge is 2.51. The first-order valence-electron chi connectivity index (χ1n) is 14.6. The maximum Gasteiger partial charge on any atom is -0.0323 e. The van der Waals surface area contributed by atoms with Gasteiger partial charge < -0.3 is 0 Å². The number of fused-ring (bicyclic) bond motifs is 2. The number of hydrogen-bond acceptors (Lipinski definition) is 0. The second-order valence-electron chi connectivity index (χ2n) is 13.7. The molecule has 5 aliphatic rings. The Morgan fingerprint density at radius 3 is 2.00 bits per heavy atom. The van der Waals surface area contributed by atoms with Crippen LogP contribution in [0.3, 0.4) is 0 Å². The summed E-state index contributed by atoms with van der Waals surface area (Å²) in [5, 5.41) is 0. The van der Waals surface area contributed by atoms with Crippen molar-refractivity contribution in [1.29, 1.82) is 0 Å². The predicted molar refractivity (Wildman–Crippen MR) is 129 cm³/mol.